The molecule has 0 spiro atoms. The van der Waals surface area contributed by atoms with E-state index in [4.69, 9.17) is 0 Å². The molecule has 0 radical (unpaired) electrons. The van der Waals surface area contributed by atoms with Crippen molar-refractivity contribution in [3.05, 3.63) is 52.7 Å². The van der Waals surface area contributed by atoms with Gasteiger partial charge in [-0.05, 0) is 42.9 Å². The average molecular weight is 267 g/mol. The summed E-state index contributed by atoms with van der Waals surface area (Å²) in [5, 5.41) is 0. The first kappa shape index (κ1) is 12.8. The predicted octanol–water partition coefficient (Wildman–Crippen LogP) is 3.04. The Balaban J connectivity index is 2.02. The number of nitrogens with zero attached hydrogens (tertiary/aromatic N) is 2. The van der Waals surface area contributed by atoms with Gasteiger partial charge in [-0.1, -0.05) is 13.0 Å². The van der Waals surface area contributed by atoms with E-state index in [0.717, 1.165) is 36.0 Å². The molecular formula is C16H17N3O. The van der Waals surface area contributed by atoms with Crippen LogP contribution in [0.4, 0.5) is 0 Å². The minimum Gasteiger partial charge on any atom is -0.328 e. The highest BCUT2D eigenvalue weighted by Gasteiger charge is 2.15. The van der Waals surface area contributed by atoms with Crippen molar-refractivity contribution in [1.29, 1.82) is 0 Å². The summed E-state index contributed by atoms with van der Waals surface area (Å²) in [7, 11) is 0. The van der Waals surface area contributed by atoms with Crippen LogP contribution in [0.2, 0.25) is 0 Å². The molecule has 20 heavy (non-hydrogen) atoms. The summed E-state index contributed by atoms with van der Waals surface area (Å²) in [4.78, 5) is 23.3. The quantitative estimate of drug-likeness (QED) is 0.909. The zero-order chi connectivity index (χ0) is 13.9. The van der Waals surface area contributed by atoms with Crippen LogP contribution < -0.4 is 5.56 Å². The van der Waals surface area contributed by atoms with Crippen molar-refractivity contribution in [2.24, 2.45) is 5.92 Å². The maximum atomic E-state index is 12.0. The van der Waals surface area contributed by atoms with Gasteiger partial charge in [-0.3, -0.25) is 4.79 Å². The molecule has 0 amide bonds. The number of hydrogen-bond donors (Lipinski definition) is 1. The summed E-state index contributed by atoms with van der Waals surface area (Å²) < 4.78 is 0. The summed E-state index contributed by atoms with van der Waals surface area (Å²) >= 11 is 0. The molecule has 0 saturated heterocycles. The van der Waals surface area contributed by atoms with Gasteiger partial charge in [0.1, 0.15) is 0 Å². The molecule has 4 nitrogen and oxygen atoms in total. The number of aromatic amines is 1. The summed E-state index contributed by atoms with van der Waals surface area (Å²) in [6.45, 7) is 2.24. The smallest absolute Gasteiger partial charge is 0.255 e. The Kier molecular flexibility index (Phi) is 3.46. The van der Waals surface area contributed by atoms with Crippen molar-refractivity contribution < 1.29 is 0 Å². The number of aromatic nitrogens is 3. The average Bonchev–Trinajstić information content (AvgIpc) is 2.50. The SMILES string of the molecule is CC1CC=C(c2cc(-c3ncccn3)c[nH]c2=O)CC1. The maximum Gasteiger partial charge on any atom is 0.255 e. The molecule has 102 valence electrons. The Bertz CT molecular complexity index is 688. The van der Waals surface area contributed by atoms with E-state index in [1.165, 1.54) is 0 Å². The number of nitrogens with one attached hydrogen (secondary N) is 1. The van der Waals surface area contributed by atoms with Crippen LogP contribution in [-0.4, -0.2) is 15.0 Å². The third-order valence-electron chi connectivity index (χ3n) is 3.75. The number of allylic oxidation sites excluding steroid dienone is 2. The van der Waals surface area contributed by atoms with Crippen LogP contribution >= 0.6 is 0 Å². The fraction of sp³-hybridized carbons (Fsp3) is 0.312. The molecular weight excluding hydrogens is 250 g/mol. The molecule has 2 heterocycles. The van der Waals surface area contributed by atoms with Crippen LogP contribution in [0.5, 0.6) is 0 Å². The largest absolute Gasteiger partial charge is 0.328 e. The molecule has 2 aromatic heterocycles. The second-order valence-electron chi connectivity index (χ2n) is 5.31. The second kappa shape index (κ2) is 5.41. The first-order chi connectivity index (χ1) is 9.74. The number of hydrogen-bond acceptors (Lipinski definition) is 3. The molecule has 3 rings (SSSR count). The van der Waals surface area contributed by atoms with E-state index >= 15 is 0 Å². The summed E-state index contributed by atoms with van der Waals surface area (Å²) in [5.74, 6) is 1.34. The van der Waals surface area contributed by atoms with E-state index in [9.17, 15) is 4.79 Å². The monoisotopic (exact) mass is 267 g/mol. The number of rotatable bonds is 2. The molecule has 2 aromatic rings. The van der Waals surface area contributed by atoms with Gasteiger partial charge in [0.25, 0.3) is 5.56 Å². The highest BCUT2D eigenvalue weighted by atomic mass is 16.1. The van der Waals surface area contributed by atoms with Gasteiger partial charge in [0, 0.05) is 29.7 Å². The summed E-state index contributed by atoms with van der Waals surface area (Å²) in [5.41, 5.74) is 2.70. The summed E-state index contributed by atoms with van der Waals surface area (Å²) in [6, 6.07) is 3.68. The van der Waals surface area contributed by atoms with Crippen LogP contribution in [0.1, 0.15) is 31.7 Å². The van der Waals surface area contributed by atoms with E-state index < -0.39 is 0 Å². The van der Waals surface area contributed by atoms with E-state index in [-0.39, 0.29) is 5.56 Å². The molecule has 4 heteroatoms. The lowest BCUT2D eigenvalue weighted by Crippen LogP contribution is -2.14. The lowest BCUT2D eigenvalue weighted by molar-refractivity contribution is 0.533. The van der Waals surface area contributed by atoms with Crippen molar-refractivity contribution in [2.75, 3.05) is 0 Å². The molecule has 1 atom stereocenters. The molecule has 0 bridgehead atoms. The second-order valence-corrected chi connectivity index (χ2v) is 5.31. The highest BCUT2D eigenvalue weighted by molar-refractivity contribution is 5.69. The molecule has 1 aliphatic carbocycles. The maximum absolute atomic E-state index is 12.0. The van der Waals surface area contributed by atoms with Crippen molar-refractivity contribution in [2.45, 2.75) is 26.2 Å². The first-order valence-electron chi connectivity index (χ1n) is 6.93. The van der Waals surface area contributed by atoms with Crippen LogP contribution in [0.25, 0.3) is 17.0 Å². The fourth-order valence-electron chi connectivity index (χ4n) is 2.51. The fourth-order valence-corrected chi connectivity index (χ4v) is 2.51. The van der Waals surface area contributed by atoms with E-state index in [2.05, 4.69) is 28.0 Å². The van der Waals surface area contributed by atoms with Gasteiger partial charge in [0.15, 0.2) is 5.82 Å². The van der Waals surface area contributed by atoms with Crippen molar-refractivity contribution >= 4 is 5.57 Å². The Labute approximate surface area is 117 Å². The normalized spacial score (nSPS) is 18.6. The van der Waals surface area contributed by atoms with E-state index in [1.54, 1.807) is 24.7 Å². The van der Waals surface area contributed by atoms with Gasteiger partial charge in [-0.25, -0.2) is 9.97 Å². The van der Waals surface area contributed by atoms with Gasteiger partial charge in [-0.2, -0.15) is 0 Å². The third-order valence-corrected chi connectivity index (χ3v) is 3.75. The minimum atomic E-state index is -0.0366. The molecule has 0 aromatic carbocycles. The Morgan fingerprint density at radius 1 is 1.30 bits per heavy atom. The van der Waals surface area contributed by atoms with Crippen LogP contribution in [0.3, 0.4) is 0 Å². The number of H-pyrrole nitrogens is 1. The van der Waals surface area contributed by atoms with Gasteiger partial charge >= 0.3 is 0 Å². The molecule has 1 aliphatic rings. The molecule has 0 fully saturated rings. The molecule has 1 unspecified atom stereocenters. The van der Waals surface area contributed by atoms with Gasteiger partial charge in [-0.15, -0.1) is 0 Å². The van der Waals surface area contributed by atoms with E-state index in [0.29, 0.717) is 11.7 Å². The van der Waals surface area contributed by atoms with Crippen molar-refractivity contribution in [1.82, 2.24) is 15.0 Å². The van der Waals surface area contributed by atoms with Gasteiger partial charge in [0.2, 0.25) is 0 Å². The van der Waals surface area contributed by atoms with Crippen LogP contribution in [0, 0.1) is 5.92 Å². The van der Waals surface area contributed by atoms with Crippen molar-refractivity contribution in [3.8, 4) is 11.4 Å². The van der Waals surface area contributed by atoms with Crippen LogP contribution in [0.15, 0.2) is 41.6 Å². The van der Waals surface area contributed by atoms with Gasteiger partial charge in [0.05, 0.1) is 0 Å². The molecule has 0 aliphatic heterocycles. The topological polar surface area (TPSA) is 58.6 Å². The Hall–Kier alpha value is -2.23. The van der Waals surface area contributed by atoms with Crippen LogP contribution in [-0.2, 0) is 0 Å². The first-order valence-corrected chi connectivity index (χ1v) is 6.93. The Morgan fingerprint density at radius 2 is 2.10 bits per heavy atom. The van der Waals surface area contributed by atoms with E-state index in [1.807, 2.05) is 6.07 Å². The Morgan fingerprint density at radius 3 is 2.80 bits per heavy atom. The zero-order valence-corrected chi connectivity index (χ0v) is 11.5. The lowest BCUT2D eigenvalue weighted by atomic mass is 9.88. The van der Waals surface area contributed by atoms with Gasteiger partial charge < -0.3 is 4.98 Å². The minimum absolute atomic E-state index is 0.0366. The van der Waals surface area contributed by atoms with Crippen molar-refractivity contribution in [3.63, 3.8) is 0 Å². The number of pyridine rings is 1. The lowest BCUT2D eigenvalue weighted by Gasteiger charge is -2.18. The molecule has 0 saturated carbocycles. The summed E-state index contributed by atoms with van der Waals surface area (Å²) in [6.07, 6.45) is 10.4. The third kappa shape index (κ3) is 2.54. The standard InChI is InChI=1S/C16H17N3O/c1-11-3-5-12(6-4-11)14-9-13(10-19-16(14)20)15-17-7-2-8-18-15/h2,5,7-11H,3-4,6H2,1H3,(H,19,20). The highest BCUT2D eigenvalue weighted by Crippen LogP contribution is 2.29. The predicted molar refractivity (Wildman–Crippen MR) is 79.1 cm³/mol. The molecule has 1 N–H and O–H groups in total. The zero-order valence-electron chi connectivity index (χ0n) is 11.5.